The highest BCUT2D eigenvalue weighted by molar-refractivity contribution is 5.47. The van der Waals surface area contributed by atoms with E-state index < -0.39 is 0 Å². The number of hydrogen-bond acceptors (Lipinski definition) is 2. The Balaban J connectivity index is 1.85. The first-order chi connectivity index (χ1) is 6.84. The van der Waals surface area contributed by atoms with E-state index in [1.165, 1.54) is 25.7 Å². The number of phenolic OH excluding ortho intramolecular Hbond substituents is 1. The average molecular weight is 191 g/mol. The summed E-state index contributed by atoms with van der Waals surface area (Å²) >= 11 is 0. The van der Waals surface area contributed by atoms with Gasteiger partial charge in [0.25, 0.3) is 0 Å². The fourth-order valence-electron chi connectivity index (χ4n) is 2.09. The van der Waals surface area contributed by atoms with Gasteiger partial charge in [0, 0.05) is 18.3 Å². The van der Waals surface area contributed by atoms with Crippen LogP contribution in [0.1, 0.15) is 25.7 Å². The van der Waals surface area contributed by atoms with E-state index in [0.29, 0.717) is 5.75 Å². The van der Waals surface area contributed by atoms with Crippen LogP contribution < -0.4 is 5.32 Å². The van der Waals surface area contributed by atoms with Gasteiger partial charge in [-0.2, -0.15) is 0 Å². The molecule has 1 fully saturated rings. The molecule has 0 aromatic heterocycles. The molecule has 1 saturated carbocycles. The Bertz CT molecular complexity index is 292. The fourth-order valence-corrected chi connectivity index (χ4v) is 2.09. The highest BCUT2D eigenvalue weighted by Gasteiger charge is 2.14. The number of nitrogens with one attached hydrogen (secondary N) is 1. The first kappa shape index (κ1) is 9.38. The van der Waals surface area contributed by atoms with Crippen LogP contribution in [0.4, 0.5) is 5.69 Å². The minimum atomic E-state index is 0.335. The molecule has 0 amide bonds. The number of hydrogen-bond donors (Lipinski definition) is 2. The van der Waals surface area contributed by atoms with E-state index in [1.54, 1.807) is 12.1 Å². The second-order valence-corrected chi connectivity index (χ2v) is 4.08. The molecule has 0 spiro atoms. The van der Waals surface area contributed by atoms with Crippen molar-refractivity contribution in [2.24, 2.45) is 5.92 Å². The SMILES string of the molecule is Oc1cccc(NCC2CCCC2)c1. The van der Waals surface area contributed by atoms with E-state index in [-0.39, 0.29) is 0 Å². The molecule has 76 valence electrons. The van der Waals surface area contributed by atoms with Gasteiger partial charge >= 0.3 is 0 Å². The minimum absolute atomic E-state index is 0.335. The Hall–Kier alpha value is -1.18. The highest BCUT2D eigenvalue weighted by atomic mass is 16.3. The van der Waals surface area contributed by atoms with Crippen LogP contribution in [0.3, 0.4) is 0 Å². The lowest BCUT2D eigenvalue weighted by atomic mass is 10.1. The second-order valence-electron chi connectivity index (χ2n) is 4.08. The molecule has 1 aliphatic carbocycles. The summed E-state index contributed by atoms with van der Waals surface area (Å²) in [6.45, 7) is 1.05. The summed E-state index contributed by atoms with van der Waals surface area (Å²) in [5.41, 5.74) is 1.02. The van der Waals surface area contributed by atoms with Gasteiger partial charge in [0.15, 0.2) is 0 Å². The van der Waals surface area contributed by atoms with E-state index >= 15 is 0 Å². The van der Waals surface area contributed by atoms with E-state index in [9.17, 15) is 5.11 Å². The zero-order valence-electron chi connectivity index (χ0n) is 8.37. The summed E-state index contributed by atoms with van der Waals surface area (Å²) in [5.74, 6) is 1.17. The first-order valence-electron chi connectivity index (χ1n) is 5.37. The number of benzene rings is 1. The summed E-state index contributed by atoms with van der Waals surface area (Å²) in [6.07, 6.45) is 5.47. The number of phenols is 1. The third-order valence-corrected chi connectivity index (χ3v) is 2.92. The molecule has 0 atom stereocenters. The highest BCUT2D eigenvalue weighted by Crippen LogP contribution is 2.25. The zero-order valence-corrected chi connectivity index (χ0v) is 8.37. The van der Waals surface area contributed by atoms with Gasteiger partial charge in [0.2, 0.25) is 0 Å². The van der Waals surface area contributed by atoms with Crippen LogP contribution in [-0.2, 0) is 0 Å². The van der Waals surface area contributed by atoms with Crippen molar-refractivity contribution in [1.82, 2.24) is 0 Å². The summed E-state index contributed by atoms with van der Waals surface area (Å²) < 4.78 is 0. The van der Waals surface area contributed by atoms with Crippen molar-refractivity contribution in [2.45, 2.75) is 25.7 Å². The van der Waals surface area contributed by atoms with E-state index in [0.717, 1.165) is 18.2 Å². The lowest BCUT2D eigenvalue weighted by molar-refractivity contribution is 0.475. The molecule has 2 nitrogen and oxygen atoms in total. The Morgan fingerprint density at radius 1 is 1.29 bits per heavy atom. The topological polar surface area (TPSA) is 32.3 Å². The summed E-state index contributed by atoms with van der Waals surface area (Å²) in [6, 6.07) is 7.33. The maximum Gasteiger partial charge on any atom is 0.117 e. The largest absolute Gasteiger partial charge is 0.508 e. The van der Waals surface area contributed by atoms with Crippen LogP contribution >= 0.6 is 0 Å². The first-order valence-corrected chi connectivity index (χ1v) is 5.37. The zero-order chi connectivity index (χ0) is 9.80. The maximum absolute atomic E-state index is 9.27. The molecule has 2 heteroatoms. The van der Waals surface area contributed by atoms with Gasteiger partial charge in [-0.3, -0.25) is 0 Å². The van der Waals surface area contributed by atoms with Crippen molar-refractivity contribution < 1.29 is 5.11 Å². The fraction of sp³-hybridized carbons (Fsp3) is 0.500. The average Bonchev–Trinajstić information content (AvgIpc) is 2.67. The molecule has 0 saturated heterocycles. The molecule has 0 unspecified atom stereocenters. The number of aromatic hydroxyl groups is 1. The van der Waals surface area contributed by atoms with Crippen LogP contribution in [0.25, 0.3) is 0 Å². The minimum Gasteiger partial charge on any atom is -0.508 e. The van der Waals surface area contributed by atoms with Gasteiger partial charge in [-0.05, 0) is 30.9 Å². The molecular formula is C12H17NO. The monoisotopic (exact) mass is 191 g/mol. The predicted octanol–water partition coefficient (Wildman–Crippen LogP) is 2.99. The lowest BCUT2D eigenvalue weighted by Gasteiger charge is -2.11. The Kier molecular flexibility index (Phi) is 2.92. The Morgan fingerprint density at radius 2 is 2.07 bits per heavy atom. The Morgan fingerprint density at radius 3 is 2.79 bits per heavy atom. The van der Waals surface area contributed by atoms with Crippen molar-refractivity contribution in [3.05, 3.63) is 24.3 Å². The maximum atomic E-state index is 9.27. The van der Waals surface area contributed by atoms with E-state index in [1.807, 2.05) is 12.1 Å². The van der Waals surface area contributed by atoms with Crippen LogP contribution in [0, 0.1) is 5.92 Å². The van der Waals surface area contributed by atoms with E-state index in [4.69, 9.17) is 0 Å². The smallest absolute Gasteiger partial charge is 0.117 e. The summed E-state index contributed by atoms with van der Waals surface area (Å²) in [7, 11) is 0. The third kappa shape index (κ3) is 2.41. The van der Waals surface area contributed by atoms with Gasteiger partial charge in [0.05, 0.1) is 0 Å². The molecule has 1 aromatic carbocycles. The van der Waals surface area contributed by atoms with Crippen molar-refractivity contribution >= 4 is 5.69 Å². The molecule has 0 radical (unpaired) electrons. The van der Waals surface area contributed by atoms with Crippen molar-refractivity contribution in [1.29, 1.82) is 0 Å². The second kappa shape index (κ2) is 4.36. The predicted molar refractivity (Wildman–Crippen MR) is 58.6 cm³/mol. The molecule has 1 aromatic rings. The number of anilines is 1. The molecule has 2 N–H and O–H groups in total. The van der Waals surface area contributed by atoms with Gasteiger partial charge in [-0.15, -0.1) is 0 Å². The molecular weight excluding hydrogens is 174 g/mol. The standard InChI is InChI=1S/C12H17NO/c14-12-7-3-6-11(8-12)13-9-10-4-1-2-5-10/h3,6-8,10,13-14H,1-2,4-5,9H2. The number of rotatable bonds is 3. The van der Waals surface area contributed by atoms with Crippen molar-refractivity contribution in [2.75, 3.05) is 11.9 Å². The summed E-state index contributed by atoms with van der Waals surface area (Å²) in [4.78, 5) is 0. The molecule has 0 heterocycles. The van der Waals surface area contributed by atoms with Crippen LogP contribution in [-0.4, -0.2) is 11.7 Å². The van der Waals surface area contributed by atoms with Crippen molar-refractivity contribution in [3.8, 4) is 5.75 Å². The normalized spacial score (nSPS) is 17.1. The molecule has 0 aliphatic heterocycles. The van der Waals surface area contributed by atoms with Gasteiger partial charge in [0.1, 0.15) is 5.75 Å². The van der Waals surface area contributed by atoms with Crippen LogP contribution in [0.15, 0.2) is 24.3 Å². The molecule has 2 rings (SSSR count). The molecule has 1 aliphatic rings. The Labute approximate surface area is 85.0 Å². The van der Waals surface area contributed by atoms with E-state index in [2.05, 4.69) is 5.32 Å². The third-order valence-electron chi connectivity index (χ3n) is 2.92. The van der Waals surface area contributed by atoms with Gasteiger partial charge < -0.3 is 10.4 Å². The quantitative estimate of drug-likeness (QED) is 0.769. The van der Waals surface area contributed by atoms with Crippen LogP contribution in [0.2, 0.25) is 0 Å². The lowest BCUT2D eigenvalue weighted by Crippen LogP contribution is -2.10. The van der Waals surface area contributed by atoms with Gasteiger partial charge in [-0.25, -0.2) is 0 Å². The van der Waals surface area contributed by atoms with Gasteiger partial charge in [-0.1, -0.05) is 18.9 Å². The summed E-state index contributed by atoms with van der Waals surface area (Å²) in [5, 5.41) is 12.6. The van der Waals surface area contributed by atoms with Crippen LogP contribution in [0.5, 0.6) is 5.75 Å². The van der Waals surface area contributed by atoms with Crippen molar-refractivity contribution in [3.63, 3.8) is 0 Å². The molecule has 14 heavy (non-hydrogen) atoms. The molecule has 0 bridgehead atoms.